The molecule has 5 heteroatoms. The largest absolute Gasteiger partial charge is 0.254 e. The van der Waals surface area contributed by atoms with Crippen LogP contribution >= 0.6 is 15.9 Å². The number of aryl methyl sites for hydroxylation is 1. The van der Waals surface area contributed by atoms with Crippen LogP contribution in [0.1, 0.15) is 64.8 Å². The summed E-state index contributed by atoms with van der Waals surface area (Å²) in [7, 11) is 0. The summed E-state index contributed by atoms with van der Waals surface area (Å²) in [6, 6.07) is 0. The molecule has 0 aliphatic heterocycles. The summed E-state index contributed by atoms with van der Waals surface area (Å²) in [6.07, 6.45) is 7.04. The van der Waals surface area contributed by atoms with E-state index in [1.54, 1.807) is 19.2 Å². The third-order valence-corrected chi connectivity index (χ3v) is 4.54. The van der Waals surface area contributed by atoms with E-state index < -0.39 is 11.3 Å². The van der Waals surface area contributed by atoms with Gasteiger partial charge >= 0.3 is 0 Å². The van der Waals surface area contributed by atoms with Crippen LogP contribution in [0.4, 0.5) is 8.78 Å². The van der Waals surface area contributed by atoms with E-state index >= 15 is 0 Å². The fourth-order valence-electron chi connectivity index (χ4n) is 2.25. The van der Waals surface area contributed by atoms with Crippen molar-refractivity contribution in [2.24, 2.45) is 5.41 Å². The molecule has 124 valence electrons. The average molecular weight is 375 g/mol. The van der Waals surface area contributed by atoms with Gasteiger partial charge in [-0.1, -0.05) is 32.3 Å². The third kappa shape index (κ3) is 4.58. The fourth-order valence-corrected chi connectivity index (χ4v) is 2.62. The van der Waals surface area contributed by atoms with Crippen LogP contribution in [0.3, 0.4) is 0 Å². The molecule has 1 aromatic rings. The van der Waals surface area contributed by atoms with Gasteiger partial charge in [-0.2, -0.15) is 0 Å². The summed E-state index contributed by atoms with van der Waals surface area (Å²) in [5.74, 6) is -2.68. The minimum atomic E-state index is -2.68. The highest BCUT2D eigenvalue weighted by atomic mass is 79.9. The van der Waals surface area contributed by atoms with Crippen LogP contribution in [0.15, 0.2) is 16.4 Å². The first-order chi connectivity index (χ1) is 10.2. The first-order valence-corrected chi connectivity index (χ1v) is 8.53. The number of hydrogen-bond acceptors (Lipinski definition) is 2. The van der Waals surface area contributed by atoms with E-state index in [-0.39, 0.29) is 0 Å². The molecule has 1 fully saturated rings. The molecular weight excluding hydrogens is 350 g/mol. The van der Waals surface area contributed by atoms with Crippen LogP contribution in [0.25, 0.3) is 6.08 Å². The quantitative estimate of drug-likeness (QED) is 0.627. The van der Waals surface area contributed by atoms with Crippen LogP contribution in [0, 0.1) is 12.3 Å². The number of alkyl halides is 2. The molecule has 0 N–H and O–H groups in total. The summed E-state index contributed by atoms with van der Waals surface area (Å²) in [6.45, 7) is 8.94. The highest BCUT2D eigenvalue weighted by Crippen LogP contribution is 2.61. The van der Waals surface area contributed by atoms with Crippen LogP contribution < -0.4 is 0 Å². The van der Waals surface area contributed by atoms with Crippen molar-refractivity contribution in [3.63, 3.8) is 0 Å². The number of rotatable bonds is 4. The zero-order chi connectivity index (χ0) is 17.0. The summed E-state index contributed by atoms with van der Waals surface area (Å²) < 4.78 is 27.8. The number of halogens is 3. The fraction of sp³-hybridized carbons (Fsp3) is 0.647. The van der Waals surface area contributed by atoms with Crippen molar-refractivity contribution in [2.45, 2.75) is 66.2 Å². The van der Waals surface area contributed by atoms with Crippen LogP contribution in [0.2, 0.25) is 0 Å². The van der Waals surface area contributed by atoms with E-state index in [9.17, 15) is 8.78 Å². The molecule has 22 heavy (non-hydrogen) atoms. The highest BCUT2D eigenvalue weighted by molar-refractivity contribution is 9.10. The molecule has 1 aromatic heterocycles. The van der Waals surface area contributed by atoms with Crippen LogP contribution in [0.5, 0.6) is 0 Å². The molecule has 0 amide bonds. The summed E-state index contributed by atoms with van der Waals surface area (Å²) in [4.78, 5) is 8.42. The SMILES string of the molecule is C/C(=C\c1ncc(Br)nc1C)C1(C(C)(F)F)CC1.CCCC. The maximum atomic E-state index is 13.6. The molecule has 1 aliphatic carbocycles. The Bertz CT molecular complexity index is 530. The molecular formula is C17H25BrF2N2. The second kappa shape index (κ2) is 7.62. The van der Waals surface area contributed by atoms with Gasteiger partial charge in [0.25, 0.3) is 5.92 Å². The van der Waals surface area contributed by atoms with E-state index in [2.05, 4.69) is 39.7 Å². The second-order valence-corrected chi connectivity index (χ2v) is 6.77. The molecule has 0 atom stereocenters. The minimum absolute atomic E-state index is 0.543. The van der Waals surface area contributed by atoms with E-state index in [4.69, 9.17) is 0 Å². The average Bonchev–Trinajstić information content (AvgIpc) is 3.23. The van der Waals surface area contributed by atoms with Gasteiger partial charge in [0.05, 0.1) is 23.0 Å². The summed E-state index contributed by atoms with van der Waals surface area (Å²) >= 11 is 3.23. The Kier molecular flexibility index (Phi) is 6.65. The molecule has 1 saturated carbocycles. The first kappa shape index (κ1) is 19.2. The topological polar surface area (TPSA) is 25.8 Å². The van der Waals surface area contributed by atoms with Gasteiger partial charge in [-0.05, 0) is 48.7 Å². The van der Waals surface area contributed by atoms with E-state index in [0.717, 1.165) is 12.6 Å². The smallest absolute Gasteiger partial charge is 0.252 e. The van der Waals surface area contributed by atoms with Crippen LogP contribution in [-0.2, 0) is 0 Å². The molecule has 1 heterocycles. The van der Waals surface area contributed by atoms with E-state index in [1.165, 1.54) is 12.8 Å². The van der Waals surface area contributed by atoms with Gasteiger partial charge in [0.1, 0.15) is 4.60 Å². The zero-order valence-electron chi connectivity index (χ0n) is 14.0. The van der Waals surface area contributed by atoms with Gasteiger partial charge < -0.3 is 0 Å². The van der Waals surface area contributed by atoms with E-state index in [0.29, 0.717) is 28.7 Å². The number of aromatic nitrogens is 2. The Hall–Kier alpha value is -0.840. The van der Waals surface area contributed by atoms with Crippen molar-refractivity contribution in [3.05, 3.63) is 27.8 Å². The van der Waals surface area contributed by atoms with Gasteiger partial charge in [-0.15, -0.1) is 0 Å². The predicted octanol–water partition coefficient (Wildman–Crippen LogP) is 6.19. The first-order valence-electron chi connectivity index (χ1n) is 7.73. The summed E-state index contributed by atoms with van der Waals surface area (Å²) in [5, 5.41) is 0. The lowest BCUT2D eigenvalue weighted by molar-refractivity contribution is -0.0378. The van der Waals surface area contributed by atoms with Crippen LogP contribution in [-0.4, -0.2) is 15.9 Å². The standard InChI is InChI=1S/C13H15BrF2N2.C4H10/c1-8(13(4-5-13)12(3,15)16)6-10-9(2)18-11(14)7-17-10;1-3-4-2/h6-7H,4-5H2,1-3H3;3-4H2,1-2H3/b8-6+;. The lowest BCUT2D eigenvalue weighted by Crippen LogP contribution is -2.27. The Morgan fingerprint density at radius 1 is 1.36 bits per heavy atom. The van der Waals surface area contributed by atoms with Crippen molar-refractivity contribution in [1.29, 1.82) is 0 Å². The number of hydrogen-bond donors (Lipinski definition) is 0. The highest BCUT2D eigenvalue weighted by Gasteiger charge is 2.59. The molecule has 2 rings (SSSR count). The maximum absolute atomic E-state index is 13.6. The molecule has 0 saturated heterocycles. The molecule has 0 spiro atoms. The third-order valence-electron chi connectivity index (χ3n) is 4.15. The molecule has 0 unspecified atom stereocenters. The van der Waals surface area contributed by atoms with Gasteiger partial charge in [0, 0.05) is 6.92 Å². The molecule has 2 nitrogen and oxygen atoms in total. The van der Waals surface area contributed by atoms with Crippen molar-refractivity contribution < 1.29 is 8.78 Å². The monoisotopic (exact) mass is 374 g/mol. The molecule has 0 radical (unpaired) electrons. The normalized spacial score (nSPS) is 16.8. The summed E-state index contributed by atoms with van der Waals surface area (Å²) in [5.41, 5.74) is 1.12. The van der Waals surface area contributed by atoms with Crippen molar-refractivity contribution in [3.8, 4) is 0 Å². The van der Waals surface area contributed by atoms with Crippen molar-refractivity contribution >= 4 is 22.0 Å². The molecule has 0 aromatic carbocycles. The second-order valence-electron chi connectivity index (χ2n) is 5.96. The van der Waals surface area contributed by atoms with E-state index in [1.807, 2.05) is 6.92 Å². The lowest BCUT2D eigenvalue weighted by atomic mass is 9.90. The Morgan fingerprint density at radius 3 is 2.27 bits per heavy atom. The van der Waals surface area contributed by atoms with Gasteiger partial charge in [0.15, 0.2) is 0 Å². The number of nitrogens with zero attached hydrogens (tertiary/aromatic N) is 2. The predicted molar refractivity (Wildman–Crippen MR) is 91.0 cm³/mol. The Balaban J connectivity index is 0.000000541. The lowest BCUT2D eigenvalue weighted by Gasteiger charge is -2.24. The molecule has 1 aliphatic rings. The Morgan fingerprint density at radius 2 is 1.91 bits per heavy atom. The van der Waals surface area contributed by atoms with Gasteiger partial charge in [0.2, 0.25) is 0 Å². The minimum Gasteiger partial charge on any atom is -0.252 e. The maximum Gasteiger partial charge on any atom is 0.254 e. The van der Waals surface area contributed by atoms with Gasteiger partial charge in [-0.3, -0.25) is 4.98 Å². The number of unbranched alkanes of at least 4 members (excludes halogenated alkanes) is 1. The Labute approximate surface area is 140 Å². The van der Waals surface area contributed by atoms with Crippen molar-refractivity contribution in [2.75, 3.05) is 0 Å². The number of allylic oxidation sites excluding steroid dienone is 1. The zero-order valence-corrected chi connectivity index (χ0v) is 15.6. The van der Waals surface area contributed by atoms with Crippen molar-refractivity contribution in [1.82, 2.24) is 9.97 Å². The molecule has 0 bridgehead atoms. The van der Waals surface area contributed by atoms with Gasteiger partial charge in [-0.25, -0.2) is 13.8 Å².